The lowest BCUT2D eigenvalue weighted by Gasteiger charge is -2.09. The molecule has 3 aromatic rings. The van der Waals surface area contributed by atoms with Gasteiger partial charge in [-0.05, 0) is 35.7 Å². The quantitative estimate of drug-likeness (QED) is 0.698. The summed E-state index contributed by atoms with van der Waals surface area (Å²) in [4.78, 5) is 20.4. The van der Waals surface area contributed by atoms with Crippen LogP contribution in [0.1, 0.15) is 35.8 Å². The van der Waals surface area contributed by atoms with Crippen molar-refractivity contribution in [3.8, 4) is 0 Å². The lowest BCUT2D eigenvalue weighted by atomic mass is 10.0. The molecule has 0 aliphatic rings. The molecule has 0 atom stereocenters. The highest BCUT2D eigenvalue weighted by molar-refractivity contribution is 6.02. The third-order valence-corrected chi connectivity index (χ3v) is 3.86. The number of hydrogen-bond donors (Lipinski definition) is 2. The number of amides is 1. The molecule has 0 radical (unpaired) electrons. The first-order valence-corrected chi connectivity index (χ1v) is 8.28. The molecule has 1 aromatic heterocycles. The van der Waals surface area contributed by atoms with E-state index in [0.717, 1.165) is 5.69 Å². The minimum Gasteiger partial charge on any atom is -0.339 e. The van der Waals surface area contributed by atoms with E-state index in [9.17, 15) is 9.18 Å². The van der Waals surface area contributed by atoms with Crippen LogP contribution in [0.3, 0.4) is 0 Å². The smallest absolute Gasteiger partial charge is 0.275 e. The van der Waals surface area contributed by atoms with Gasteiger partial charge < -0.3 is 10.6 Å². The first-order chi connectivity index (χ1) is 12.5. The maximum absolute atomic E-state index is 13.6. The molecular weight excluding hydrogens is 331 g/mol. The average molecular weight is 350 g/mol. The predicted octanol–water partition coefficient (Wildman–Crippen LogP) is 4.74. The standard InChI is InChI=1S/C20H19FN4O/c1-13(2)14-7-9-15(10-8-14)24-19-12-22-18(11-23-19)20(26)25-17-6-4-3-5-16(17)21/h3-13H,1-2H3,(H,23,24)(H,25,26). The van der Waals surface area contributed by atoms with Crippen molar-refractivity contribution in [2.45, 2.75) is 19.8 Å². The highest BCUT2D eigenvalue weighted by Crippen LogP contribution is 2.19. The maximum atomic E-state index is 13.6. The minimum absolute atomic E-state index is 0.103. The fourth-order valence-electron chi connectivity index (χ4n) is 2.36. The summed E-state index contributed by atoms with van der Waals surface area (Å²) >= 11 is 0. The van der Waals surface area contributed by atoms with Crippen LogP contribution in [0.5, 0.6) is 0 Å². The van der Waals surface area contributed by atoms with E-state index in [1.54, 1.807) is 12.1 Å². The molecule has 0 saturated heterocycles. The Hall–Kier alpha value is -3.28. The molecule has 0 spiro atoms. The Morgan fingerprint density at radius 3 is 2.35 bits per heavy atom. The number of aromatic nitrogens is 2. The van der Waals surface area contributed by atoms with Gasteiger partial charge in [-0.2, -0.15) is 0 Å². The molecular formula is C20H19FN4O. The van der Waals surface area contributed by atoms with Crippen LogP contribution >= 0.6 is 0 Å². The largest absolute Gasteiger partial charge is 0.339 e. The normalized spacial score (nSPS) is 10.6. The van der Waals surface area contributed by atoms with E-state index in [0.29, 0.717) is 11.7 Å². The summed E-state index contributed by atoms with van der Waals surface area (Å²) in [6, 6.07) is 14.0. The summed E-state index contributed by atoms with van der Waals surface area (Å²) in [7, 11) is 0. The molecule has 2 aromatic carbocycles. The third kappa shape index (κ3) is 4.22. The molecule has 0 aliphatic carbocycles. The van der Waals surface area contributed by atoms with Crippen molar-refractivity contribution in [3.63, 3.8) is 0 Å². The van der Waals surface area contributed by atoms with Crippen LogP contribution in [0.25, 0.3) is 0 Å². The molecule has 3 rings (SSSR count). The van der Waals surface area contributed by atoms with Crippen LogP contribution in [0.2, 0.25) is 0 Å². The van der Waals surface area contributed by atoms with Crippen molar-refractivity contribution >= 4 is 23.1 Å². The summed E-state index contributed by atoms with van der Waals surface area (Å²) < 4.78 is 13.6. The van der Waals surface area contributed by atoms with Gasteiger partial charge in [0.25, 0.3) is 5.91 Å². The Labute approximate surface area is 151 Å². The van der Waals surface area contributed by atoms with Gasteiger partial charge in [0.1, 0.15) is 17.3 Å². The predicted molar refractivity (Wildman–Crippen MR) is 100 cm³/mol. The summed E-state index contributed by atoms with van der Waals surface area (Å²) in [5.74, 6) is -0.0341. The lowest BCUT2D eigenvalue weighted by molar-refractivity contribution is 0.102. The van der Waals surface area contributed by atoms with Crippen LogP contribution in [0, 0.1) is 5.82 Å². The molecule has 6 heteroatoms. The molecule has 0 fully saturated rings. The number of hydrogen-bond acceptors (Lipinski definition) is 4. The lowest BCUT2D eigenvalue weighted by Crippen LogP contribution is -2.15. The van der Waals surface area contributed by atoms with Crippen molar-refractivity contribution in [3.05, 3.63) is 78.0 Å². The van der Waals surface area contributed by atoms with Gasteiger partial charge in [-0.1, -0.05) is 38.1 Å². The molecule has 0 aliphatic heterocycles. The molecule has 1 amide bonds. The highest BCUT2D eigenvalue weighted by Gasteiger charge is 2.11. The second kappa shape index (κ2) is 7.74. The number of para-hydroxylation sites is 1. The molecule has 26 heavy (non-hydrogen) atoms. The zero-order valence-corrected chi connectivity index (χ0v) is 14.5. The van der Waals surface area contributed by atoms with Crippen molar-refractivity contribution in [1.82, 2.24) is 9.97 Å². The van der Waals surface area contributed by atoms with Crippen molar-refractivity contribution in [2.75, 3.05) is 10.6 Å². The van der Waals surface area contributed by atoms with E-state index < -0.39 is 11.7 Å². The first kappa shape index (κ1) is 17.5. The Kier molecular flexibility index (Phi) is 5.22. The third-order valence-electron chi connectivity index (χ3n) is 3.86. The molecule has 132 valence electrons. The van der Waals surface area contributed by atoms with Crippen LogP contribution in [-0.2, 0) is 0 Å². The summed E-state index contributed by atoms with van der Waals surface area (Å²) in [5, 5.41) is 5.61. The molecule has 0 unspecified atom stereocenters. The Morgan fingerprint density at radius 1 is 1.00 bits per heavy atom. The van der Waals surface area contributed by atoms with Crippen LogP contribution < -0.4 is 10.6 Å². The molecule has 5 nitrogen and oxygen atoms in total. The van der Waals surface area contributed by atoms with Crippen LogP contribution in [0.4, 0.5) is 21.6 Å². The van der Waals surface area contributed by atoms with Gasteiger partial charge in [0.15, 0.2) is 0 Å². The van der Waals surface area contributed by atoms with Gasteiger partial charge in [0, 0.05) is 5.69 Å². The van der Waals surface area contributed by atoms with Crippen molar-refractivity contribution in [2.24, 2.45) is 0 Å². The van der Waals surface area contributed by atoms with Gasteiger partial charge in [0.2, 0.25) is 0 Å². The van der Waals surface area contributed by atoms with Gasteiger partial charge in [-0.25, -0.2) is 14.4 Å². The Bertz CT molecular complexity index is 892. The molecule has 1 heterocycles. The number of rotatable bonds is 5. The number of nitrogens with one attached hydrogen (secondary N) is 2. The van der Waals surface area contributed by atoms with Crippen LogP contribution in [0.15, 0.2) is 60.9 Å². The minimum atomic E-state index is -0.518. The number of halogens is 1. The number of carbonyl (C=O) groups excluding carboxylic acids is 1. The summed E-state index contributed by atoms with van der Waals surface area (Å²) in [6.45, 7) is 4.28. The first-order valence-electron chi connectivity index (χ1n) is 8.28. The monoisotopic (exact) mass is 350 g/mol. The van der Waals surface area contributed by atoms with Gasteiger partial charge >= 0.3 is 0 Å². The topological polar surface area (TPSA) is 66.9 Å². The van der Waals surface area contributed by atoms with Crippen molar-refractivity contribution < 1.29 is 9.18 Å². The second-order valence-corrected chi connectivity index (χ2v) is 6.12. The van der Waals surface area contributed by atoms with Gasteiger partial charge in [-0.15, -0.1) is 0 Å². The number of carbonyl (C=O) groups is 1. The fraction of sp³-hybridized carbons (Fsp3) is 0.150. The SMILES string of the molecule is CC(C)c1ccc(Nc2cnc(C(=O)Nc3ccccc3F)cn2)cc1. The van der Waals surface area contributed by atoms with Crippen LogP contribution in [-0.4, -0.2) is 15.9 Å². The van der Waals surface area contributed by atoms with E-state index in [1.807, 2.05) is 12.1 Å². The highest BCUT2D eigenvalue weighted by atomic mass is 19.1. The zero-order chi connectivity index (χ0) is 18.5. The van der Waals surface area contributed by atoms with E-state index in [1.165, 1.54) is 30.1 Å². The Morgan fingerprint density at radius 2 is 1.73 bits per heavy atom. The number of benzene rings is 2. The summed E-state index contributed by atoms with van der Waals surface area (Å²) in [6.07, 6.45) is 2.81. The van der Waals surface area contributed by atoms with E-state index in [4.69, 9.17) is 0 Å². The second-order valence-electron chi connectivity index (χ2n) is 6.12. The fourth-order valence-corrected chi connectivity index (χ4v) is 2.36. The van der Waals surface area contributed by atoms with E-state index >= 15 is 0 Å². The maximum Gasteiger partial charge on any atom is 0.275 e. The van der Waals surface area contributed by atoms with Crippen molar-refractivity contribution in [1.29, 1.82) is 0 Å². The van der Waals surface area contributed by atoms with Gasteiger partial charge in [0.05, 0.1) is 18.1 Å². The molecule has 2 N–H and O–H groups in total. The Balaban J connectivity index is 1.66. The molecule has 0 bridgehead atoms. The number of anilines is 3. The average Bonchev–Trinajstić information content (AvgIpc) is 2.64. The molecule has 0 saturated carbocycles. The number of nitrogens with zero attached hydrogens (tertiary/aromatic N) is 2. The van der Waals surface area contributed by atoms with Gasteiger partial charge in [-0.3, -0.25) is 4.79 Å². The summed E-state index contributed by atoms with van der Waals surface area (Å²) in [5.41, 5.74) is 2.34. The zero-order valence-electron chi connectivity index (χ0n) is 14.5. The van der Waals surface area contributed by atoms with E-state index in [-0.39, 0.29) is 11.4 Å². The van der Waals surface area contributed by atoms with E-state index in [2.05, 4.69) is 46.6 Å².